The van der Waals surface area contributed by atoms with Gasteiger partial charge in [-0.15, -0.1) is 0 Å². The van der Waals surface area contributed by atoms with Crippen molar-refractivity contribution < 1.29 is 28.6 Å². The highest BCUT2D eigenvalue weighted by Crippen LogP contribution is 2.16. The maximum Gasteiger partial charge on any atom is 0.306 e. The topological polar surface area (TPSA) is 78.9 Å². The van der Waals surface area contributed by atoms with Gasteiger partial charge in [0.2, 0.25) is 0 Å². The molecule has 0 aromatic heterocycles. The number of carbonyl (C=O) groups excluding carboxylic acids is 3. The second-order valence-electron chi connectivity index (χ2n) is 22.0. The second-order valence-corrected chi connectivity index (χ2v) is 22.0. The number of hydrogen-bond acceptors (Lipinski definition) is 6. The van der Waals surface area contributed by atoms with Crippen LogP contribution in [0.3, 0.4) is 0 Å². The lowest BCUT2D eigenvalue weighted by Gasteiger charge is -2.18. The van der Waals surface area contributed by atoms with Gasteiger partial charge in [0.05, 0.1) is 0 Å². The molecule has 0 aliphatic rings. The van der Waals surface area contributed by atoms with Crippen LogP contribution in [-0.4, -0.2) is 37.2 Å². The molecule has 0 aliphatic carbocycles. The van der Waals surface area contributed by atoms with Crippen LogP contribution in [-0.2, 0) is 28.6 Å². The van der Waals surface area contributed by atoms with Gasteiger partial charge in [0.1, 0.15) is 13.2 Å². The minimum atomic E-state index is -0.782. The van der Waals surface area contributed by atoms with Gasteiger partial charge in [0.15, 0.2) is 6.10 Å². The van der Waals surface area contributed by atoms with Crippen molar-refractivity contribution in [2.24, 2.45) is 0 Å². The molecule has 0 spiro atoms. The Morgan fingerprint density at radius 1 is 0.266 bits per heavy atom. The zero-order chi connectivity index (χ0) is 57.1. The summed E-state index contributed by atoms with van der Waals surface area (Å²) in [5, 5.41) is 0. The van der Waals surface area contributed by atoms with Crippen LogP contribution >= 0.6 is 0 Å². The number of allylic oxidation sites excluding steroid dienone is 18. The number of esters is 3. The molecular weight excluding hydrogens is 973 g/mol. The number of rotatable bonds is 60. The zero-order valence-electron chi connectivity index (χ0n) is 51.9. The molecule has 0 rings (SSSR count). The maximum atomic E-state index is 12.9. The average molecular weight is 1100 g/mol. The Bertz CT molecular complexity index is 1590. The molecule has 0 fully saturated rings. The fourth-order valence-corrected chi connectivity index (χ4v) is 9.28. The third kappa shape index (κ3) is 64.8. The molecule has 0 radical (unpaired) electrons. The predicted molar refractivity (Wildman–Crippen MR) is 343 cm³/mol. The van der Waals surface area contributed by atoms with E-state index in [-0.39, 0.29) is 31.1 Å². The van der Waals surface area contributed by atoms with E-state index >= 15 is 0 Å². The Morgan fingerprint density at radius 2 is 0.494 bits per heavy atom. The standard InChI is InChI=1S/C73H124O6/c1-4-7-10-13-16-19-22-25-26-27-28-29-30-31-32-33-34-35-36-37-38-39-40-41-42-43-44-45-46-49-51-54-57-60-63-66-72(75)78-69-70(79-73(76)67-64-61-58-55-52-48-24-21-18-15-12-9-6-3)68-77-71(74)65-62-59-56-53-50-47-23-20-17-14-11-8-5-2/h7,10,16,19,21,24-26,28-29,31-32,34-35,37-38,40-41,70H,4-6,8-9,11-15,17-18,20,22-23,27,30,33,36,39,42-69H2,1-3H3/b10-7-,19-16-,24-21-,26-25-,29-28-,32-31-,35-34-,38-37-,41-40-. The highest BCUT2D eigenvalue weighted by atomic mass is 16.6. The Morgan fingerprint density at radius 3 is 0.797 bits per heavy atom. The minimum absolute atomic E-state index is 0.0788. The Labute approximate surface area is 489 Å². The van der Waals surface area contributed by atoms with Crippen LogP contribution in [0.4, 0.5) is 0 Å². The summed E-state index contributed by atoms with van der Waals surface area (Å²) in [5.74, 6) is -0.883. The van der Waals surface area contributed by atoms with Crippen molar-refractivity contribution in [2.75, 3.05) is 13.2 Å². The van der Waals surface area contributed by atoms with E-state index in [1.165, 1.54) is 154 Å². The van der Waals surface area contributed by atoms with Gasteiger partial charge in [-0.05, 0) is 109 Å². The van der Waals surface area contributed by atoms with E-state index < -0.39 is 6.10 Å². The quantitative estimate of drug-likeness (QED) is 0.0261. The van der Waals surface area contributed by atoms with E-state index in [9.17, 15) is 14.4 Å². The molecule has 1 unspecified atom stereocenters. The number of unbranched alkanes of at least 4 members (excludes halogenated alkanes) is 31. The van der Waals surface area contributed by atoms with Gasteiger partial charge < -0.3 is 14.2 Å². The van der Waals surface area contributed by atoms with E-state index in [1.807, 2.05) is 0 Å². The monoisotopic (exact) mass is 1100 g/mol. The molecule has 1 atom stereocenters. The lowest BCUT2D eigenvalue weighted by atomic mass is 10.0. The summed E-state index contributed by atoms with van der Waals surface area (Å²) >= 11 is 0. The van der Waals surface area contributed by atoms with Crippen LogP contribution in [0.25, 0.3) is 0 Å². The van der Waals surface area contributed by atoms with Gasteiger partial charge in [-0.1, -0.05) is 297 Å². The third-order valence-electron chi connectivity index (χ3n) is 14.3. The van der Waals surface area contributed by atoms with Gasteiger partial charge >= 0.3 is 17.9 Å². The van der Waals surface area contributed by atoms with Crippen LogP contribution in [0, 0.1) is 0 Å². The van der Waals surface area contributed by atoms with Crippen LogP contribution in [0.15, 0.2) is 109 Å². The highest BCUT2D eigenvalue weighted by molar-refractivity contribution is 5.71. The van der Waals surface area contributed by atoms with E-state index in [1.54, 1.807) is 0 Å². The summed E-state index contributed by atoms with van der Waals surface area (Å²) < 4.78 is 16.9. The van der Waals surface area contributed by atoms with E-state index in [4.69, 9.17) is 14.2 Å². The van der Waals surface area contributed by atoms with Gasteiger partial charge in [-0.25, -0.2) is 0 Å². The Kier molecular flexibility index (Phi) is 63.3. The first kappa shape index (κ1) is 75.1. The molecule has 0 bridgehead atoms. The summed E-state index contributed by atoms with van der Waals surface area (Å²) in [6.45, 7) is 6.52. The molecular formula is C73H124O6. The van der Waals surface area contributed by atoms with E-state index in [0.29, 0.717) is 19.3 Å². The van der Waals surface area contributed by atoms with Crippen molar-refractivity contribution in [3.63, 3.8) is 0 Å². The molecule has 0 aromatic rings. The fraction of sp³-hybridized carbons (Fsp3) is 0.712. The van der Waals surface area contributed by atoms with Crippen molar-refractivity contribution in [2.45, 2.75) is 322 Å². The summed E-state index contributed by atoms with van der Waals surface area (Å²) in [4.78, 5) is 38.2. The average Bonchev–Trinajstić information content (AvgIpc) is 3.45. The molecule has 0 N–H and O–H groups in total. The van der Waals surface area contributed by atoms with Crippen molar-refractivity contribution in [1.82, 2.24) is 0 Å². The summed E-state index contributed by atoms with van der Waals surface area (Å²) in [6, 6.07) is 0. The van der Waals surface area contributed by atoms with Crippen LogP contribution in [0.1, 0.15) is 316 Å². The van der Waals surface area contributed by atoms with Crippen molar-refractivity contribution in [3.8, 4) is 0 Å². The Hall–Kier alpha value is -3.93. The van der Waals surface area contributed by atoms with Crippen LogP contribution in [0.5, 0.6) is 0 Å². The molecule has 0 saturated carbocycles. The molecule has 6 heteroatoms. The number of ether oxygens (including phenoxy) is 3. The van der Waals surface area contributed by atoms with E-state index in [2.05, 4.69) is 130 Å². The van der Waals surface area contributed by atoms with Crippen molar-refractivity contribution >= 4 is 17.9 Å². The Balaban J connectivity index is 4.18. The predicted octanol–water partition coefficient (Wildman–Crippen LogP) is 23.0. The van der Waals surface area contributed by atoms with Crippen molar-refractivity contribution in [3.05, 3.63) is 109 Å². The first-order chi connectivity index (χ1) is 39.0. The smallest absolute Gasteiger partial charge is 0.306 e. The molecule has 452 valence electrons. The van der Waals surface area contributed by atoms with Gasteiger partial charge in [-0.3, -0.25) is 14.4 Å². The first-order valence-electron chi connectivity index (χ1n) is 33.4. The van der Waals surface area contributed by atoms with E-state index in [0.717, 1.165) is 122 Å². The number of hydrogen-bond donors (Lipinski definition) is 0. The van der Waals surface area contributed by atoms with Gasteiger partial charge in [0, 0.05) is 19.3 Å². The zero-order valence-corrected chi connectivity index (χ0v) is 51.9. The number of carbonyl (C=O) groups is 3. The molecule has 0 aromatic carbocycles. The molecule has 79 heavy (non-hydrogen) atoms. The van der Waals surface area contributed by atoms with Crippen LogP contribution < -0.4 is 0 Å². The van der Waals surface area contributed by atoms with Gasteiger partial charge in [0.25, 0.3) is 0 Å². The minimum Gasteiger partial charge on any atom is -0.462 e. The third-order valence-corrected chi connectivity index (χ3v) is 14.3. The summed E-state index contributed by atoms with van der Waals surface area (Å²) in [7, 11) is 0. The van der Waals surface area contributed by atoms with Crippen LogP contribution in [0.2, 0.25) is 0 Å². The lowest BCUT2D eigenvalue weighted by Crippen LogP contribution is -2.30. The van der Waals surface area contributed by atoms with Crippen molar-refractivity contribution in [1.29, 1.82) is 0 Å². The maximum absolute atomic E-state index is 12.9. The molecule has 0 saturated heterocycles. The largest absolute Gasteiger partial charge is 0.462 e. The first-order valence-corrected chi connectivity index (χ1v) is 33.4. The van der Waals surface area contributed by atoms with Gasteiger partial charge in [-0.2, -0.15) is 0 Å². The second kappa shape index (κ2) is 66.6. The summed E-state index contributed by atoms with van der Waals surface area (Å²) in [6.07, 6.45) is 91.1. The highest BCUT2D eigenvalue weighted by Gasteiger charge is 2.19. The normalized spacial score (nSPS) is 12.8. The SMILES string of the molecule is CC/C=C\C/C=C\C/C=C\C/C=C\C/C=C\C/C=C\C/C=C\C/C=C\CCCCCCCCCCCCC(=O)OCC(COC(=O)CCCCCCCCCCCCCCC)OC(=O)CCCCCCC/C=C\CCCCCC. The molecule has 0 aliphatic heterocycles. The molecule has 6 nitrogen and oxygen atoms in total. The molecule has 0 heterocycles. The fourth-order valence-electron chi connectivity index (χ4n) is 9.28. The summed E-state index contributed by atoms with van der Waals surface area (Å²) in [5.41, 5.74) is 0. The molecule has 0 amide bonds. The lowest BCUT2D eigenvalue weighted by molar-refractivity contribution is -0.167.